The molecule has 0 aliphatic carbocycles. The van der Waals surface area contributed by atoms with Gasteiger partial charge in [0.2, 0.25) is 13.5 Å². The number of benzene rings is 1. The maximum atomic E-state index is 6.06. The van der Waals surface area contributed by atoms with E-state index in [1.165, 1.54) is 5.56 Å². The molecule has 1 aromatic rings. The van der Waals surface area contributed by atoms with E-state index in [1.807, 2.05) is 24.7 Å². The molecule has 88 valence electrons. The fourth-order valence-corrected chi connectivity index (χ4v) is 3.32. The van der Waals surface area contributed by atoms with Crippen LogP contribution in [-0.2, 0) is 6.42 Å². The van der Waals surface area contributed by atoms with E-state index in [1.54, 1.807) is 0 Å². The first-order chi connectivity index (χ1) is 7.54. The van der Waals surface area contributed by atoms with Crippen LogP contribution in [0.2, 0.25) is 12.6 Å². The van der Waals surface area contributed by atoms with Crippen molar-refractivity contribution in [2.75, 3.05) is 6.79 Å². The average molecular weight is 277 g/mol. The van der Waals surface area contributed by atoms with Crippen molar-refractivity contribution < 1.29 is 9.47 Å². The Labute approximate surface area is 106 Å². The molecule has 1 aliphatic rings. The van der Waals surface area contributed by atoms with Crippen LogP contribution in [0.5, 0.6) is 11.5 Å². The standard InChI is InChI=1S/C11H14Cl2O2Si/c1-16(12,13)6-2-3-9-4-5-10-7-11(9)15-8-14-10/h4-5,7H,2-3,6,8H2,1H3. The third kappa shape index (κ3) is 3.30. The van der Waals surface area contributed by atoms with Crippen LogP contribution in [0.4, 0.5) is 0 Å². The number of hydrogen-bond acceptors (Lipinski definition) is 2. The molecule has 2 nitrogen and oxygen atoms in total. The number of hydrogen-bond donors (Lipinski definition) is 0. The highest BCUT2D eigenvalue weighted by atomic mass is 35.7. The van der Waals surface area contributed by atoms with E-state index in [0.29, 0.717) is 6.79 Å². The predicted molar refractivity (Wildman–Crippen MR) is 69.0 cm³/mol. The second-order valence-corrected chi connectivity index (χ2v) is 12.3. The number of ether oxygens (including phenoxy) is 2. The second kappa shape index (κ2) is 4.86. The third-order valence-electron chi connectivity index (χ3n) is 2.54. The predicted octanol–water partition coefficient (Wildman–Crippen LogP) is 3.90. The van der Waals surface area contributed by atoms with Gasteiger partial charge in [0.05, 0.1) is 0 Å². The highest BCUT2D eigenvalue weighted by Gasteiger charge is 2.20. The Hall–Kier alpha value is -0.383. The van der Waals surface area contributed by atoms with Gasteiger partial charge in [-0.3, -0.25) is 0 Å². The molecule has 0 spiro atoms. The topological polar surface area (TPSA) is 18.5 Å². The maximum absolute atomic E-state index is 6.06. The average Bonchev–Trinajstić information content (AvgIpc) is 2.20. The van der Waals surface area contributed by atoms with Crippen LogP contribution in [-0.4, -0.2) is 13.5 Å². The van der Waals surface area contributed by atoms with Crippen molar-refractivity contribution in [3.05, 3.63) is 23.8 Å². The van der Waals surface area contributed by atoms with E-state index in [9.17, 15) is 0 Å². The Morgan fingerprint density at radius 1 is 1.31 bits per heavy atom. The summed E-state index contributed by atoms with van der Waals surface area (Å²) >= 11 is 12.1. The summed E-state index contributed by atoms with van der Waals surface area (Å²) in [6.45, 7) is 0.307. The van der Waals surface area contributed by atoms with Crippen molar-refractivity contribution >= 4 is 28.9 Å². The highest BCUT2D eigenvalue weighted by molar-refractivity contribution is 7.44. The molecule has 0 saturated carbocycles. The van der Waals surface area contributed by atoms with Crippen molar-refractivity contribution in [3.63, 3.8) is 0 Å². The summed E-state index contributed by atoms with van der Waals surface area (Å²) in [5.74, 6) is 1.80. The van der Waals surface area contributed by atoms with Gasteiger partial charge in [-0.2, -0.15) is 0 Å². The van der Waals surface area contributed by atoms with Gasteiger partial charge in [-0.15, -0.1) is 22.2 Å². The van der Waals surface area contributed by atoms with E-state index in [0.717, 1.165) is 30.4 Å². The monoisotopic (exact) mass is 276 g/mol. The Morgan fingerprint density at radius 3 is 2.88 bits per heavy atom. The van der Waals surface area contributed by atoms with Gasteiger partial charge >= 0.3 is 0 Å². The first-order valence-electron chi connectivity index (χ1n) is 5.31. The molecule has 2 rings (SSSR count). The highest BCUT2D eigenvalue weighted by Crippen LogP contribution is 2.30. The molecule has 0 saturated heterocycles. The summed E-state index contributed by atoms with van der Waals surface area (Å²) < 4.78 is 10.7. The summed E-state index contributed by atoms with van der Waals surface area (Å²) in [5, 5.41) is 0. The van der Waals surface area contributed by atoms with E-state index in [4.69, 9.17) is 31.6 Å². The van der Waals surface area contributed by atoms with Crippen LogP contribution in [0.1, 0.15) is 12.0 Å². The summed E-state index contributed by atoms with van der Waals surface area (Å²) in [6.07, 6.45) is 1.96. The van der Waals surface area contributed by atoms with Crippen LogP contribution in [0.25, 0.3) is 0 Å². The minimum absolute atomic E-state index is 0.312. The van der Waals surface area contributed by atoms with Gasteiger partial charge in [0.25, 0.3) is 0 Å². The molecule has 2 bridgehead atoms. The van der Waals surface area contributed by atoms with Crippen LogP contribution in [0.15, 0.2) is 18.2 Å². The lowest BCUT2D eigenvalue weighted by molar-refractivity contribution is 0.104. The van der Waals surface area contributed by atoms with Crippen molar-refractivity contribution in [1.82, 2.24) is 0 Å². The van der Waals surface area contributed by atoms with E-state index < -0.39 is 6.69 Å². The molecular formula is C11H14Cl2O2Si. The number of rotatable bonds is 4. The Kier molecular flexibility index (Phi) is 3.67. The molecule has 16 heavy (non-hydrogen) atoms. The SMILES string of the molecule is C[Si](Cl)(Cl)CCCc1ccc2cc1OCO2. The normalized spacial score (nSPS) is 14.2. The molecule has 0 aromatic heterocycles. The Bertz CT molecular complexity index is 377. The summed E-state index contributed by atoms with van der Waals surface area (Å²) in [7, 11) is 0. The zero-order valence-electron chi connectivity index (χ0n) is 9.13. The lowest BCUT2D eigenvalue weighted by Gasteiger charge is -2.19. The molecule has 0 unspecified atom stereocenters. The zero-order valence-corrected chi connectivity index (χ0v) is 11.6. The molecule has 0 atom stereocenters. The second-order valence-electron chi connectivity index (χ2n) is 4.10. The van der Waals surface area contributed by atoms with Crippen LogP contribution in [0, 0.1) is 0 Å². The van der Waals surface area contributed by atoms with Crippen molar-refractivity contribution in [3.8, 4) is 11.5 Å². The fourth-order valence-electron chi connectivity index (χ4n) is 1.72. The fraction of sp³-hybridized carbons (Fsp3) is 0.455. The summed E-state index contributed by atoms with van der Waals surface area (Å²) in [4.78, 5) is 0. The van der Waals surface area contributed by atoms with E-state index in [2.05, 4.69) is 0 Å². The Balaban J connectivity index is 1.95. The van der Waals surface area contributed by atoms with Crippen LogP contribution >= 0.6 is 22.2 Å². The quantitative estimate of drug-likeness (QED) is 0.614. The number of halogens is 2. The minimum Gasteiger partial charge on any atom is -0.457 e. The van der Waals surface area contributed by atoms with Gasteiger partial charge in [-0.1, -0.05) is 6.07 Å². The van der Waals surface area contributed by atoms with Gasteiger partial charge in [0, 0.05) is 6.07 Å². The molecule has 0 N–H and O–H groups in total. The molecule has 5 heteroatoms. The molecule has 0 fully saturated rings. The van der Waals surface area contributed by atoms with Crippen molar-refractivity contribution in [2.24, 2.45) is 0 Å². The van der Waals surface area contributed by atoms with Gasteiger partial charge < -0.3 is 9.47 Å². The van der Waals surface area contributed by atoms with Crippen molar-refractivity contribution in [2.45, 2.75) is 25.4 Å². The summed E-state index contributed by atoms with van der Waals surface area (Å²) in [6, 6.07) is 6.86. The molecule has 0 radical (unpaired) electrons. The van der Waals surface area contributed by atoms with E-state index in [-0.39, 0.29) is 0 Å². The summed E-state index contributed by atoms with van der Waals surface area (Å²) in [5.41, 5.74) is 1.21. The van der Waals surface area contributed by atoms with Crippen molar-refractivity contribution in [1.29, 1.82) is 0 Å². The molecular weight excluding hydrogens is 263 g/mol. The lowest BCUT2D eigenvalue weighted by Crippen LogP contribution is -2.14. The molecule has 1 aromatic carbocycles. The van der Waals surface area contributed by atoms with Gasteiger partial charge in [-0.25, -0.2) is 0 Å². The maximum Gasteiger partial charge on any atom is 0.248 e. The molecule has 1 aliphatic heterocycles. The largest absolute Gasteiger partial charge is 0.457 e. The van der Waals surface area contributed by atoms with E-state index >= 15 is 0 Å². The van der Waals surface area contributed by atoms with Gasteiger partial charge in [0.15, 0.2) is 0 Å². The smallest absolute Gasteiger partial charge is 0.248 e. The molecule has 0 amide bonds. The van der Waals surface area contributed by atoms with Crippen LogP contribution < -0.4 is 9.47 Å². The third-order valence-corrected chi connectivity index (χ3v) is 4.91. The van der Waals surface area contributed by atoms with Gasteiger partial charge in [0.1, 0.15) is 11.5 Å². The van der Waals surface area contributed by atoms with Gasteiger partial charge in [-0.05, 0) is 37.1 Å². The minimum atomic E-state index is -1.96. The van der Waals surface area contributed by atoms with Crippen LogP contribution in [0.3, 0.4) is 0 Å². The number of aryl methyl sites for hydroxylation is 1. The first kappa shape index (κ1) is 12.1. The lowest BCUT2D eigenvalue weighted by atomic mass is 10.1. The number of fused-ring (bicyclic) bond motifs is 2. The zero-order chi connectivity index (χ0) is 11.6. The first-order valence-corrected chi connectivity index (χ1v) is 10.0. The molecule has 1 heterocycles. The Morgan fingerprint density at radius 2 is 2.12 bits per heavy atom.